The van der Waals surface area contributed by atoms with Gasteiger partial charge in [-0.1, -0.05) is 0 Å². The molecular weight excluding hydrogens is 353 g/mol. The van der Waals surface area contributed by atoms with E-state index < -0.39 is 28.7 Å². The Hall–Kier alpha value is -0.0713. The van der Waals surface area contributed by atoms with Gasteiger partial charge >= 0.3 is 116 Å². The number of hydrogen-bond acceptors (Lipinski definition) is 2. The second-order valence-electron chi connectivity index (χ2n) is 4.76. The molecule has 3 nitrogen and oxygen atoms in total. The van der Waals surface area contributed by atoms with Crippen LogP contribution < -0.4 is 2.94 Å². The van der Waals surface area contributed by atoms with Crippen molar-refractivity contribution in [2.75, 3.05) is 0 Å². The monoisotopic (exact) mass is 377 g/mol. The molecule has 0 aliphatic rings. The fraction of sp³-hybridized carbons (Fsp3) is 0.538. The fourth-order valence-corrected chi connectivity index (χ4v) is 17.5. The third-order valence-corrected chi connectivity index (χ3v) is 22.9. The van der Waals surface area contributed by atoms with E-state index in [0.717, 1.165) is 18.9 Å². The Labute approximate surface area is 115 Å². The molecule has 1 aromatic carbocycles. The summed E-state index contributed by atoms with van der Waals surface area (Å²) in [5.41, 5.74) is 1.07. The van der Waals surface area contributed by atoms with Gasteiger partial charge in [-0.05, 0) is 0 Å². The molecule has 1 rings (SSSR count). The van der Waals surface area contributed by atoms with Crippen molar-refractivity contribution in [3.8, 4) is 0 Å². The summed E-state index contributed by atoms with van der Waals surface area (Å²) in [5.74, 6) is 0. The molecular formula is C13H23NO2SSn. The fourth-order valence-electron chi connectivity index (χ4n) is 2.03. The zero-order valence-corrected chi connectivity index (χ0v) is 15.3. The van der Waals surface area contributed by atoms with Crippen LogP contribution in [-0.2, 0) is 10.0 Å². The van der Waals surface area contributed by atoms with E-state index in [9.17, 15) is 8.42 Å². The molecule has 0 bridgehead atoms. The van der Waals surface area contributed by atoms with Crippen molar-refractivity contribution in [2.24, 2.45) is 0 Å². The maximum atomic E-state index is 12.4. The second kappa shape index (κ2) is 6.39. The van der Waals surface area contributed by atoms with Crippen LogP contribution in [0.2, 0.25) is 13.3 Å². The van der Waals surface area contributed by atoms with Crippen molar-refractivity contribution in [3.63, 3.8) is 0 Å². The van der Waals surface area contributed by atoms with E-state index >= 15 is 0 Å². The molecule has 0 aliphatic carbocycles. The molecule has 1 N–H and O–H groups in total. The van der Waals surface area contributed by atoms with Gasteiger partial charge in [0.1, 0.15) is 0 Å². The van der Waals surface area contributed by atoms with E-state index in [1.165, 1.54) is 0 Å². The molecule has 0 spiro atoms. The van der Waals surface area contributed by atoms with E-state index in [1.807, 2.05) is 19.1 Å². The Balaban J connectivity index is 3.04. The normalized spacial score (nSPS) is 12.7. The standard InChI is InChI=1S/C7H8NO2S.3C2H5.Sn/c1-6-2-4-7(5-3-6)11(8,9)10;3*1-2;/h2-5H,1H3,(H-,8,9,10);3*1H2,2H3;/q-1;;;;+1. The minimum atomic E-state index is -3.33. The van der Waals surface area contributed by atoms with Gasteiger partial charge in [0.25, 0.3) is 0 Å². The summed E-state index contributed by atoms with van der Waals surface area (Å²) in [7, 11) is -3.33. The predicted molar refractivity (Wildman–Crippen MR) is 78.7 cm³/mol. The van der Waals surface area contributed by atoms with Gasteiger partial charge < -0.3 is 0 Å². The first-order valence-electron chi connectivity index (χ1n) is 6.49. The summed E-state index contributed by atoms with van der Waals surface area (Å²) < 4.78 is 30.8. The van der Waals surface area contributed by atoms with Crippen LogP contribution in [0.4, 0.5) is 0 Å². The summed E-state index contributed by atoms with van der Waals surface area (Å²) >= 11 is -2.68. The summed E-state index contributed by atoms with van der Waals surface area (Å²) in [6.07, 6.45) is 0. The third kappa shape index (κ3) is 3.71. The topological polar surface area (TPSA) is 46.2 Å². The molecule has 0 amide bonds. The molecule has 18 heavy (non-hydrogen) atoms. The first-order valence-corrected chi connectivity index (χ1v) is 15.5. The summed E-state index contributed by atoms with van der Waals surface area (Å²) in [6, 6.07) is 7.07. The number of aryl methyl sites for hydroxylation is 1. The van der Waals surface area contributed by atoms with Crippen LogP contribution in [0.3, 0.4) is 0 Å². The summed E-state index contributed by atoms with van der Waals surface area (Å²) in [4.78, 5) is 0.393. The number of nitrogens with one attached hydrogen (secondary N) is 1. The van der Waals surface area contributed by atoms with Gasteiger partial charge in [-0.3, -0.25) is 0 Å². The first-order chi connectivity index (χ1) is 8.39. The maximum absolute atomic E-state index is 12.4. The molecule has 0 aliphatic heterocycles. The molecule has 0 radical (unpaired) electrons. The van der Waals surface area contributed by atoms with E-state index in [2.05, 4.69) is 23.7 Å². The number of sulfonamides is 1. The summed E-state index contributed by atoms with van der Waals surface area (Å²) in [5, 5.41) is 0. The molecule has 0 heterocycles. The molecule has 5 heteroatoms. The molecule has 0 saturated carbocycles. The van der Waals surface area contributed by atoms with Crippen molar-refractivity contribution < 1.29 is 8.42 Å². The van der Waals surface area contributed by atoms with Gasteiger partial charge in [-0.2, -0.15) is 0 Å². The number of benzene rings is 1. The Morgan fingerprint density at radius 2 is 1.44 bits per heavy atom. The van der Waals surface area contributed by atoms with Gasteiger partial charge in [0, 0.05) is 0 Å². The number of rotatable bonds is 6. The van der Waals surface area contributed by atoms with Crippen LogP contribution in [0.15, 0.2) is 29.2 Å². The Kier molecular flexibility index (Phi) is 5.67. The second-order valence-corrected chi connectivity index (χ2v) is 21.6. The molecule has 0 unspecified atom stereocenters. The van der Waals surface area contributed by atoms with Gasteiger partial charge in [-0.25, -0.2) is 0 Å². The van der Waals surface area contributed by atoms with Crippen molar-refractivity contribution in [2.45, 2.75) is 45.9 Å². The molecule has 1 aromatic rings. The van der Waals surface area contributed by atoms with Crippen LogP contribution in [0.1, 0.15) is 26.3 Å². The first kappa shape index (κ1) is 16.0. The Morgan fingerprint density at radius 1 is 1.00 bits per heavy atom. The average molecular weight is 376 g/mol. The molecule has 102 valence electrons. The SMILES string of the molecule is C[CH2][Sn]([CH2]C)([CH2]C)[NH]S(=O)(=O)c1ccc(C)cc1. The molecule has 0 atom stereocenters. The zero-order chi connectivity index (χ0) is 13.8. The Morgan fingerprint density at radius 3 is 1.83 bits per heavy atom. The van der Waals surface area contributed by atoms with E-state index in [-0.39, 0.29) is 0 Å². The van der Waals surface area contributed by atoms with Crippen LogP contribution in [-0.4, -0.2) is 27.1 Å². The van der Waals surface area contributed by atoms with E-state index in [4.69, 9.17) is 0 Å². The van der Waals surface area contributed by atoms with Crippen molar-refractivity contribution in [1.82, 2.24) is 2.94 Å². The molecule has 0 fully saturated rings. The van der Waals surface area contributed by atoms with Crippen LogP contribution >= 0.6 is 0 Å². The van der Waals surface area contributed by atoms with Crippen molar-refractivity contribution in [1.29, 1.82) is 0 Å². The predicted octanol–water partition coefficient (Wildman–Crippen LogP) is 3.28. The quantitative estimate of drug-likeness (QED) is 0.775. The van der Waals surface area contributed by atoms with Crippen LogP contribution in [0, 0.1) is 6.92 Å². The molecule has 0 saturated heterocycles. The van der Waals surface area contributed by atoms with Crippen LogP contribution in [0.5, 0.6) is 0 Å². The Bertz CT molecular complexity index is 470. The van der Waals surface area contributed by atoms with E-state index in [0.29, 0.717) is 4.90 Å². The summed E-state index contributed by atoms with van der Waals surface area (Å²) in [6.45, 7) is 8.29. The van der Waals surface area contributed by atoms with E-state index in [1.54, 1.807) is 12.1 Å². The van der Waals surface area contributed by atoms with Gasteiger partial charge in [0.05, 0.1) is 0 Å². The third-order valence-electron chi connectivity index (χ3n) is 3.71. The number of hydrogen-bond donors (Lipinski definition) is 1. The minimum absolute atomic E-state index is 0.393. The average Bonchev–Trinajstić information content (AvgIpc) is 2.37. The van der Waals surface area contributed by atoms with Crippen LogP contribution in [0.25, 0.3) is 0 Å². The zero-order valence-electron chi connectivity index (χ0n) is 11.7. The van der Waals surface area contributed by atoms with Gasteiger partial charge in [-0.15, -0.1) is 0 Å². The van der Waals surface area contributed by atoms with Crippen molar-refractivity contribution in [3.05, 3.63) is 29.8 Å². The molecule has 0 aromatic heterocycles. The van der Waals surface area contributed by atoms with Gasteiger partial charge in [0.2, 0.25) is 0 Å². The van der Waals surface area contributed by atoms with Gasteiger partial charge in [0.15, 0.2) is 0 Å². The van der Waals surface area contributed by atoms with Crippen molar-refractivity contribution >= 4 is 28.7 Å².